The summed E-state index contributed by atoms with van der Waals surface area (Å²) in [5, 5.41) is 11.3. The lowest BCUT2D eigenvalue weighted by molar-refractivity contribution is 0.103. The standard InChI is InChI=1S/C9H9BrN4OS/c10-7-5-16-4-6(7)9(15)8-3-14(2-1-11)13-12-8/h3-5H,1-2,11H2. The Morgan fingerprint density at radius 2 is 2.38 bits per heavy atom. The number of aromatic nitrogens is 3. The van der Waals surface area contributed by atoms with Gasteiger partial charge in [-0.1, -0.05) is 5.21 Å². The quantitative estimate of drug-likeness (QED) is 0.864. The van der Waals surface area contributed by atoms with E-state index in [1.54, 1.807) is 16.3 Å². The molecule has 84 valence electrons. The fourth-order valence-corrected chi connectivity index (χ4v) is 2.68. The summed E-state index contributed by atoms with van der Waals surface area (Å²) in [4.78, 5) is 12.0. The first kappa shape index (κ1) is 11.4. The molecule has 2 N–H and O–H groups in total. The molecule has 0 aliphatic heterocycles. The van der Waals surface area contributed by atoms with Crippen molar-refractivity contribution in [2.75, 3.05) is 6.54 Å². The Morgan fingerprint density at radius 1 is 1.56 bits per heavy atom. The van der Waals surface area contributed by atoms with Crippen molar-refractivity contribution < 1.29 is 4.79 Å². The molecule has 2 aromatic rings. The van der Waals surface area contributed by atoms with E-state index in [4.69, 9.17) is 5.73 Å². The van der Waals surface area contributed by atoms with Crippen LogP contribution >= 0.6 is 27.3 Å². The smallest absolute Gasteiger partial charge is 0.216 e. The number of ketones is 1. The van der Waals surface area contributed by atoms with Crippen LogP contribution in [0.1, 0.15) is 16.1 Å². The molecule has 7 heteroatoms. The topological polar surface area (TPSA) is 73.8 Å². The number of hydrogen-bond acceptors (Lipinski definition) is 5. The van der Waals surface area contributed by atoms with E-state index in [0.29, 0.717) is 24.3 Å². The molecule has 2 aromatic heterocycles. The lowest BCUT2D eigenvalue weighted by Gasteiger charge is -1.94. The fourth-order valence-electron chi connectivity index (χ4n) is 1.23. The van der Waals surface area contributed by atoms with Crippen molar-refractivity contribution >= 4 is 33.0 Å². The van der Waals surface area contributed by atoms with Crippen LogP contribution in [-0.4, -0.2) is 27.3 Å². The first-order valence-corrected chi connectivity index (χ1v) is 6.32. The maximum Gasteiger partial charge on any atom is 0.216 e. The van der Waals surface area contributed by atoms with Gasteiger partial charge in [-0.25, -0.2) is 0 Å². The highest BCUT2D eigenvalue weighted by Crippen LogP contribution is 2.23. The molecule has 0 saturated carbocycles. The van der Waals surface area contributed by atoms with Gasteiger partial charge in [-0.3, -0.25) is 9.48 Å². The second-order valence-corrected chi connectivity index (χ2v) is 4.72. The molecular weight excluding hydrogens is 292 g/mol. The van der Waals surface area contributed by atoms with E-state index < -0.39 is 0 Å². The number of carbonyl (C=O) groups excluding carboxylic acids is 1. The van der Waals surface area contributed by atoms with Gasteiger partial charge >= 0.3 is 0 Å². The minimum Gasteiger partial charge on any atom is -0.329 e. The summed E-state index contributed by atoms with van der Waals surface area (Å²) < 4.78 is 2.35. The third-order valence-corrected chi connectivity index (χ3v) is 3.69. The van der Waals surface area contributed by atoms with Crippen LogP contribution in [0.5, 0.6) is 0 Å². The molecule has 0 spiro atoms. The Balaban J connectivity index is 2.24. The molecule has 0 bridgehead atoms. The number of rotatable bonds is 4. The van der Waals surface area contributed by atoms with Crippen LogP contribution in [0.2, 0.25) is 0 Å². The predicted molar refractivity (Wildman–Crippen MR) is 64.5 cm³/mol. The molecule has 0 radical (unpaired) electrons. The Hall–Kier alpha value is -1.05. The lowest BCUT2D eigenvalue weighted by Crippen LogP contribution is -2.10. The summed E-state index contributed by atoms with van der Waals surface area (Å²) in [6.45, 7) is 1.03. The highest BCUT2D eigenvalue weighted by Gasteiger charge is 2.16. The van der Waals surface area contributed by atoms with Crippen molar-refractivity contribution in [3.8, 4) is 0 Å². The van der Waals surface area contributed by atoms with E-state index in [1.165, 1.54) is 11.3 Å². The number of halogens is 1. The molecule has 2 heterocycles. The first-order valence-electron chi connectivity index (χ1n) is 4.59. The Kier molecular flexibility index (Phi) is 3.47. The van der Waals surface area contributed by atoms with E-state index >= 15 is 0 Å². The van der Waals surface area contributed by atoms with Crippen LogP contribution in [0.4, 0.5) is 0 Å². The number of nitrogens with zero attached hydrogens (tertiary/aromatic N) is 3. The minimum atomic E-state index is -0.128. The number of hydrogen-bond donors (Lipinski definition) is 1. The zero-order valence-corrected chi connectivity index (χ0v) is 10.7. The van der Waals surface area contributed by atoms with E-state index in [0.717, 1.165) is 4.47 Å². The SMILES string of the molecule is NCCn1cc(C(=O)c2cscc2Br)nn1. The molecule has 0 unspecified atom stereocenters. The zero-order chi connectivity index (χ0) is 11.5. The van der Waals surface area contributed by atoms with Gasteiger partial charge in [0.1, 0.15) is 0 Å². The largest absolute Gasteiger partial charge is 0.329 e. The van der Waals surface area contributed by atoms with E-state index in [1.807, 2.05) is 5.38 Å². The van der Waals surface area contributed by atoms with Gasteiger partial charge in [0.05, 0.1) is 12.7 Å². The van der Waals surface area contributed by atoms with Gasteiger partial charge in [-0.05, 0) is 15.9 Å². The van der Waals surface area contributed by atoms with Crippen molar-refractivity contribution in [1.82, 2.24) is 15.0 Å². The highest BCUT2D eigenvalue weighted by atomic mass is 79.9. The van der Waals surface area contributed by atoms with E-state index in [-0.39, 0.29) is 5.78 Å². The minimum absolute atomic E-state index is 0.128. The molecule has 0 aromatic carbocycles. The van der Waals surface area contributed by atoms with Gasteiger partial charge in [0.2, 0.25) is 5.78 Å². The van der Waals surface area contributed by atoms with Gasteiger partial charge in [0.25, 0.3) is 0 Å². The molecule has 0 aliphatic rings. The highest BCUT2D eigenvalue weighted by molar-refractivity contribution is 9.10. The summed E-state index contributed by atoms with van der Waals surface area (Å²) in [5.74, 6) is -0.128. The molecule has 0 aliphatic carbocycles. The van der Waals surface area contributed by atoms with Crippen molar-refractivity contribution in [1.29, 1.82) is 0 Å². The second kappa shape index (κ2) is 4.86. The van der Waals surface area contributed by atoms with Crippen molar-refractivity contribution in [3.05, 3.63) is 32.7 Å². The van der Waals surface area contributed by atoms with E-state index in [2.05, 4.69) is 26.2 Å². The summed E-state index contributed by atoms with van der Waals surface area (Å²) >= 11 is 4.78. The lowest BCUT2D eigenvalue weighted by atomic mass is 10.2. The summed E-state index contributed by atoms with van der Waals surface area (Å²) in [6, 6.07) is 0. The average molecular weight is 301 g/mol. The normalized spacial score (nSPS) is 10.6. The zero-order valence-electron chi connectivity index (χ0n) is 8.26. The molecule has 5 nitrogen and oxygen atoms in total. The summed E-state index contributed by atoms with van der Waals surface area (Å²) in [5.41, 5.74) is 6.34. The third kappa shape index (κ3) is 2.21. The number of nitrogens with two attached hydrogens (primary N) is 1. The molecule has 0 atom stereocenters. The summed E-state index contributed by atoms with van der Waals surface area (Å²) in [7, 11) is 0. The van der Waals surface area contributed by atoms with Crippen molar-refractivity contribution in [2.45, 2.75) is 6.54 Å². The Bertz CT molecular complexity index is 507. The predicted octanol–water partition coefficient (Wildman–Crippen LogP) is 1.29. The molecule has 0 fully saturated rings. The molecule has 2 rings (SSSR count). The van der Waals surface area contributed by atoms with Crippen LogP contribution < -0.4 is 5.73 Å². The number of carbonyl (C=O) groups is 1. The molecule has 0 saturated heterocycles. The van der Waals surface area contributed by atoms with Crippen molar-refractivity contribution in [2.24, 2.45) is 5.73 Å². The molecular formula is C9H9BrN4OS. The average Bonchev–Trinajstić information content (AvgIpc) is 2.87. The van der Waals surface area contributed by atoms with Crippen LogP contribution in [0.25, 0.3) is 0 Å². The van der Waals surface area contributed by atoms with Gasteiger partial charge in [0.15, 0.2) is 5.69 Å². The second-order valence-electron chi connectivity index (χ2n) is 3.12. The first-order chi connectivity index (χ1) is 7.72. The van der Waals surface area contributed by atoms with Crippen LogP contribution in [0.15, 0.2) is 21.4 Å². The van der Waals surface area contributed by atoms with Gasteiger partial charge < -0.3 is 5.73 Å². The van der Waals surface area contributed by atoms with Crippen LogP contribution in [0.3, 0.4) is 0 Å². The molecule has 16 heavy (non-hydrogen) atoms. The fraction of sp³-hybridized carbons (Fsp3) is 0.222. The third-order valence-electron chi connectivity index (χ3n) is 1.99. The monoisotopic (exact) mass is 300 g/mol. The molecule has 0 amide bonds. The van der Waals surface area contributed by atoms with E-state index in [9.17, 15) is 4.79 Å². The Morgan fingerprint density at radius 3 is 3.00 bits per heavy atom. The van der Waals surface area contributed by atoms with Gasteiger partial charge in [0, 0.05) is 27.3 Å². The van der Waals surface area contributed by atoms with Crippen LogP contribution in [-0.2, 0) is 6.54 Å². The van der Waals surface area contributed by atoms with Crippen LogP contribution in [0, 0.1) is 0 Å². The summed E-state index contributed by atoms with van der Waals surface area (Å²) in [6.07, 6.45) is 1.61. The van der Waals surface area contributed by atoms with Gasteiger partial charge in [-0.15, -0.1) is 5.10 Å². The van der Waals surface area contributed by atoms with Crippen molar-refractivity contribution in [3.63, 3.8) is 0 Å². The van der Waals surface area contributed by atoms with Gasteiger partial charge in [-0.2, -0.15) is 11.3 Å². The maximum atomic E-state index is 12.0. The Labute approximate surface area is 104 Å². The number of thiophene rings is 1. The maximum absolute atomic E-state index is 12.0.